The summed E-state index contributed by atoms with van der Waals surface area (Å²) in [6, 6.07) is 11.7. The number of carbonyl (C=O) groups is 1. The summed E-state index contributed by atoms with van der Waals surface area (Å²) in [5, 5.41) is 3.61. The number of anilines is 1. The van der Waals surface area contributed by atoms with Crippen LogP contribution in [0.25, 0.3) is 0 Å². The Labute approximate surface area is 142 Å². The first-order chi connectivity index (χ1) is 11.0. The van der Waals surface area contributed by atoms with Crippen molar-refractivity contribution < 1.29 is 9.53 Å². The molecule has 1 amide bonds. The van der Waals surface area contributed by atoms with Crippen LogP contribution in [-0.4, -0.2) is 13.0 Å². The van der Waals surface area contributed by atoms with Crippen molar-refractivity contribution in [3.8, 4) is 5.75 Å². The Morgan fingerprint density at radius 3 is 2.70 bits per heavy atom. The number of hydrogen-bond acceptors (Lipinski definition) is 2. The van der Waals surface area contributed by atoms with Gasteiger partial charge in [0.1, 0.15) is 5.75 Å². The summed E-state index contributed by atoms with van der Waals surface area (Å²) < 4.78 is 5.13. The van der Waals surface area contributed by atoms with Crippen molar-refractivity contribution in [2.45, 2.75) is 33.1 Å². The molecule has 0 aromatic heterocycles. The summed E-state index contributed by atoms with van der Waals surface area (Å²) in [7, 11) is 1.59. The number of amides is 1. The highest BCUT2D eigenvalue weighted by Crippen LogP contribution is 2.26. The molecule has 0 aliphatic heterocycles. The zero-order chi connectivity index (χ0) is 16.8. The van der Waals surface area contributed by atoms with E-state index in [4.69, 9.17) is 16.3 Å². The number of nitrogens with one attached hydrogen (secondary N) is 1. The molecule has 0 aliphatic rings. The van der Waals surface area contributed by atoms with Crippen LogP contribution in [-0.2, 0) is 17.6 Å². The molecule has 0 saturated heterocycles. The summed E-state index contributed by atoms with van der Waals surface area (Å²) in [6.45, 7) is 4.10. The number of aryl methyl sites for hydroxylation is 3. The van der Waals surface area contributed by atoms with Gasteiger partial charge in [-0.05, 0) is 48.6 Å². The highest BCUT2D eigenvalue weighted by molar-refractivity contribution is 6.32. The van der Waals surface area contributed by atoms with Crippen LogP contribution in [0, 0.1) is 6.92 Å². The lowest BCUT2D eigenvalue weighted by molar-refractivity contribution is -0.116. The minimum atomic E-state index is 0.0148. The fourth-order valence-electron chi connectivity index (χ4n) is 2.53. The number of para-hydroxylation sites is 1. The summed E-state index contributed by atoms with van der Waals surface area (Å²) in [5.41, 5.74) is 4.20. The van der Waals surface area contributed by atoms with Gasteiger partial charge in [0.05, 0.1) is 12.1 Å². The summed E-state index contributed by atoms with van der Waals surface area (Å²) in [6.07, 6.45) is 1.95. The summed E-state index contributed by atoms with van der Waals surface area (Å²) in [4.78, 5) is 12.2. The first-order valence-corrected chi connectivity index (χ1v) is 8.13. The third-order valence-electron chi connectivity index (χ3n) is 3.86. The predicted molar refractivity (Wildman–Crippen MR) is 95.5 cm³/mol. The maximum absolute atomic E-state index is 12.2. The van der Waals surface area contributed by atoms with Gasteiger partial charge in [-0.2, -0.15) is 0 Å². The van der Waals surface area contributed by atoms with Crippen molar-refractivity contribution in [3.05, 3.63) is 58.1 Å². The maximum Gasteiger partial charge on any atom is 0.224 e. The van der Waals surface area contributed by atoms with E-state index < -0.39 is 0 Å². The van der Waals surface area contributed by atoms with Gasteiger partial charge < -0.3 is 10.1 Å². The van der Waals surface area contributed by atoms with Gasteiger partial charge in [0.25, 0.3) is 0 Å². The minimum absolute atomic E-state index is 0.0148. The van der Waals surface area contributed by atoms with Crippen LogP contribution >= 0.6 is 11.6 Å². The molecule has 0 bridgehead atoms. The van der Waals surface area contributed by atoms with E-state index in [-0.39, 0.29) is 5.91 Å². The number of rotatable bonds is 6. The molecule has 0 heterocycles. The number of hydrogen-bond donors (Lipinski definition) is 1. The van der Waals surface area contributed by atoms with Gasteiger partial charge in [-0.15, -0.1) is 0 Å². The zero-order valence-electron chi connectivity index (χ0n) is 13.8. The average Bonchev–Trinajstić information content (AvgIpc) is 2.55. The van der Waals surface area contributed by atoms with Crippen molar-refractivity contribution in [2.24, 2.45) is 0 Å². The Morgan fingerprint density at radius 1 is 1.26 bits per heavy atom. The number of methoxy groups -OCH3 is 1. The molecule has 2 aromatic carbocycles. The minimum Gasteiger partial charge on any atom is -0.495 e. The molecule has 2 aromatic rings. The van der Waals surface area contributed by atoms with E-state index in [0.717, 1.165) is 28.8 Å². The number of halogens is 1. The molecule has 1 N–H and O–H groups in total. The van der Waals surface area contributed by atoms with Crippen LogP contribution in [0.2, 0.25) is 5.02 Å². The van der Waals surface area contributed by atoms with E-state index in [1.54, 1.807) is 7.11 Å². The molecule has 0 atom stereocenters. The van der Waals surface area contributed by atoms with Crippen molar-refractivity contribution in [3.63, 3.8) is 0 Å². The van der Waals surface area contributed by atoms with Crippen LogP contribution in [0.15, 0.2) is 36.4 Å². The third kappa shape index (κ3) is 4.49. The Hall–Kier alpha value is -2.00. The SMILES string of the molecule is CCc1cccc(C)c1NC(=O)CCc1ccc(OC)c(Cl)c1. The summed E-state index contributed by atoms with van der Waals surface area (Å²) >= 11 is 6.11. The molecular weight excluding hydrogens is 310 g/mol. The van der Waals surface area contributed by atoms with E-state index in [2.05, 4.69) is 12.2 Å². The molecule has 0 radical (unpaired) electrons. The molecule has 0 unspecified atom stereocenters. The number of ether oxygens (including phenoxy) is 1. The van der Waals surface area contributed by atoms with E-state index in [9.17, 15) is 4.79 Å². The van der Waals surface area contributed by atoms with Gasteiger partial charge in [0, 0.05) is 12.1 Å². The first-order valence-electron chi connectivity index (χ1n) is 7.76. The van der Waals surface area contributed by atoms with E-state index in [1.165, 1.54) is 0 Å². The lowest BCUT2D eigenvalue weighted by atomic mass is 10.0. The quantitative estimate of drug-likeness (QED) is 0.826. The van der Waals surface area contributed by atoms with E-state index in [0.29, 0.717) is 23.6 Å². The number of benzene rings is 2. The molecule has 122 valence electrons. The fourth-order valence-corrected chi connectivity index (χ4v) is 2.81. The van der Waals surface area contributed by atoms with Crippen LogP contribution in [0.4, 0.5) is 5.69 Å². The highest BCUT2D eigenvalue weighted by Gasteiger charge is 2.09. The van der Waals surface area contributed by atoms with Crippen LogP contribution in [0.1, 0.15) is 30.0 Å². The van der Waals surface area contributed by atoms with Crippen molar-refractivity contribution in [1.82, 2.24) is 0 Å². The summed E-state index contributed by atoms with van der Waals surface area (Å²) in [5.74, 6) is 0.660. The monoisotopic (exact) mass is 331 g/mol. The second-order valence-electron chi connectivity index (χ2n) is 5.48. The second-order valence-corrected chi connectivity index (χ2v) is 5.89. The van der Waals surface area contributed by atoms with Crippen LogP contribution in [0.5, 0.6) is 5.75 Å². The van der Waals surface area contributed by atoms with Gasteiger partial charge in [0.15, 0.2) is 0 Å². The Balaban J connectivity index is 1.99. The average molecular weight is 332 g/mol. The number of carbonyl (C=O) groups excluding carboxylic acids is 1. The van der Waals surface area contributed by atoms with Crippen molar-refractivity contribution in [2.75, 3.05) is 12.4 Å². The fraction of sp³-hybridized carbons (Fsp3) is 0.316. The Kier molecular flexibility index (Phi) is 6.05. The van der Waals surface area contributed by atoms with Gasteiger partial charge in [0.2, 0.25) is 5.91 Å². The van der Waals surface area contributed by atoms with Crippen molar-refractivity contribution >= 4 is 23.2 Å². The molecule has 2 rings (SSSR count). The molecule has 0 fully saturated rings. The molecule has 23 heavy (non-hydrogen) atoms. The van der Waals surface area contributed by atoms with E-state index >= 15 is 0 Å². The zero-order valence-corrected chi connectivity index (χ0v) is 14.5. The second kappa shape index (κ2) is 8.02. The topological polar surface area (TPSA) is 38.3 Å². The Morgan fingerprint density at radius 2 is 2.04 bits per heavy atom. The molecule has 0 aliphatic carbocycles. The largest absolute Gasteiger partial charge is 0.495 e. The molecular formula is C19H22ClNO2. The lowest BCUT2D eigenvalue weighted by Gasteiger charge is -2.13. The highest BCUT2D eigenvalue weighted by atomic mass is 35.5. The predicted octanol–water partition coefficient (Wildman–Crippen LogP) is 4.79. The van der Waals surface area contributed by atoms with Gasteiger partial charge >= 0.3 is 0 Å². The standard InChI is InChI=1S/C19H22ClNO2/c1-4-15-7-5-6-13(2)19(15)21-18(22)11-9-14-8-10-17(23-3)16(20)12-14/h5-8,10,12H,4,9,11H2,1-3H3,(H,21,22). The first kappa shape index (κ1) is 17.4. The van der Waals surface area contributed by atoms with Gasteiger partial charge in [-0.25, -0.2) is 0 Å². The van der Waals surface area contributed by atoms with Crippen LogP contribution in [0.3, 0.4) is 0 Å². The normalized spacial score (nSPS) is 10.4. The lowest BCUT2D eigenvalue weighted by Crippen LogP contribution is -2.14. The van der Waals surface area contributed by atoms with Crippen LogP contribution < -0.4 is 10.1 Å². The third-order valence-corrected chi connectivity index (χ3v) is 4.16. The molecule has 3 nitrogen and oxygen atoms in total. The Bertz CT molecular complexity index is 698. The van der Waals surface area contributed by atoms with Gasteiger partial charge in [-0.3, -0.25) is 4.79 Å². The molecule has 0 saturated carbocycles. The van der Waals surface area contributed by atoms with E-state index in [1.807, 2.05) is 43.3 Å². The maximum atomic E-state index is 12.2. The van der Waals surface area contributed by atoms with Crippen molar-refractivity contribution in [1.29, 1.82) is 0 Å². The van der Waals surface area contributed by atoms with Gasteiger partial charge in [-0.1, -0.05) is 42.8 Å². The smallest absolute Gasteiger partial charge is 0.224 e. The molecule has 4 heteroatoms. The molecule has 0 spiro atoms.